The van der Waals surface area contributed by atoms with Gasteiger partial charge in [0.2, 0.25) is 0 Å². The third-order valence-corrected chi connectivity index (χ3v) is 4.54. The van der Waals surface area contributed by atoms with E-state index < -0.39 is 0 Å². The molecule has 2 aromatic carbocycles. The molecule has 1 aliphatic heterocycles. The first-order chi connectivity index (χ1) is 10.8. The number of methoxy groups -OCH3 is 1. The molecule has 3 heteroatoms. The molecule has 1 fully saturated rings. The van der Waals surface area contributed by atoms with Crippen LogP contribution >= 0.6 is 0 Å². The Hall–Kier alpha value is -1.87. The SMILES string of the molecule is COc1cccc([C@@H](c2ccc(F)cc2)C2CCNCC2)c1. The Bertz CT molecular complexity index is 605. The van der Waals surface area contributed by atoms with E-state index in [9.17, 15) is 4.39 Å². The highest BCUT2D eigenvalue weighted by molar-refractivity contribution is 5.38. The van der Waals surface area contributed by atoms with E-state index in [2.05, 4.69) is 17.4 Å². The number of halogens is 1. The molecule has 1 atom stereocenters. The molecular formula is C19H22FNO. The van der Waals surface area contributed by atoms with E-state index in [1.807, 2.05) is 24.3 Å². The largest absolute Gasteiger partial charge is 0.497 e. The molecule has 0 spiro atoms. The van der Waals surface area contributed by atoms with Gasteiger partial charge in [-0.2, -0.15) is 0 Å². The van der Waals surface area contributed by atoms with Gasteiger partial charge in [-0.05, 0) is 67.2 Å². The minimum atomic E-state index is -0.182. The molecule has 1 N–H and O–H groups in total. The molecule has 0 aliphatic carbocycles. The second-order valence-electron chi connectivity index (χ2n) is 5.89. The summed E-state index contributed by atoms with van der Waals surface area (Å²) in [5, 5.41) is 3.42. The van der Waals surface area contributed by atoms with Crippen LogP contribution in [-0.4, -0.2) is 20.2 Å². The minimum absolute atomic E-state index is 0.182. The Morgan fingerprint density at radius 2 is 1.77 bits per heavy atom. The zero-order valence-electron chi connectivity index (χ0n) is 12.9. The smallest absolute Gasteiger partial charge is 0.123 e. The van der Waals surface area contributed by atoms with Gasteiger partial charge >= 0.3 is 0 Å². The Balaban J connectivity index is 1.99. The lowest BCUT2D eigenvalue weighted by Gasteiger charge is -2.31. The van der Waals surface area contributed by atoms with Gasteiger partial charge in [-0.3, -0.25) is 0 Å². The van der Waals surface area contributed by atoms with Crippen molar-refractivity contribution in [1.82, 2.24) is 5.32 Å². The Kier molecular flexibility index (Phi) is 4.74. The summed E-state index contributed by atoms with van der Waals surface area (Å²) in [5.41, 5.74) is 2.43. The Morgan fingerprint density at radius 3 is 2.45 bits per heavy atom. The second kappa shape index (κ2) is 6.93. The quantitative estimate of drug-likeness (QED) is 0.922. The Labute approximate surface area is 131 Å². The lowest BCUT2D eigenvalue weighted by molar-refractivity contribution is 0.341. The van der Waals surface area contributed by atoms with Gasteiger partial charge in [-0.25, -0.2) is 4.39 Å². The van der Waals surface area contributed by atoms with Crippen molar-refractivity contribution >= 4 is 0 Å². The van der Waals surface area contributed by atoms with Crippen LogP contribution in [0.15, 0.2) is 48.5 Å². The van der Waals surface area contributed by atoms with Gasteiger partial charge in [0, 0.05) is 5.92 Å². The van der Waals surface area contributed by atoms with Crippen molar-refractivity contribution in [1.29, 1.82) is 0 Å². The summed E-state index contributed by atoms with van der Waals surface area (Å²) in [6.07, 6.45) is 2.28. The highest BCUT2D eigenvalue weighted by atomic mass is 19.1. The molecular weight excluding hydrogens is 277 g/mol. The van der Waals surface area contributed by atoms with Crippen molar-refractivity contribution in [2.24, 2.45) is 5.92 Å². The molecule has 0 amide bonds. The third kappa shape index (κ3) is 3.30. The molecule has 0 unspecified atom stereocenters. The summed E-state index contributed by atoms with van der Waals surface area (Å²) in [6.45, 7) is 2.10. The first kappa shape index (κ1) is 15.0. The normalized spacial score (nSPS) is 17.2. The van der Waals surface area contributed by atoms with Gasteiger partial charge < -0.3 is 10.1 Å². The predicted octanol–water partition coefficient (Wildman–Crippen LogP) is 3.97. The first-order valence-electron chi connectivity index (χ1n) is 7.88. The van der Waals surface area contributed by atoms with Gasteiger partial charge in [0.1, 0.15) is 11.6 Å². The second-order valence-corrected chi connectivity index (χ2v) is 5.89. The number of rotatable bonds is 4. The summed E-state index contributed by atoms with van der Waals surface area (Å²) in [7, 11) is 1.69. The number of hydrogen-bond acceptors (Lipinski definition) is 2. The average Bonchev–Trinajstić information content (AvgIpc) is 2.58. The van der Waals surface area contributed by atoms with Crippen LogP contribution < -0.4 is 10.1 Å². The van der Waals surface area contributed by atoms with E-state index in [0.717, 1.165) is 31.7 Å². The number of nitrogens with one attached hydrogen (secondary N) is 1. The maximum absolute atomic E-state index is 13.3. The van der Waals surface area contributed by atoms with Gasteiger partial charge in [0.25, 0.3) is 0 Å². The molecule has 1 aliphatic rings. The van der Waals surface area contributed by atoms with Crippen molar-refractivity contribution < 1.29 is 9.13 Å². The van der Waals surface area contributed by atoms with E-state index in [1.165, 1.54) is 11.1 Å². The molecule has 1 saturated heterocycles. The van der Waals surface area contributed by atoms with Crippen LogP contribution in [0.2, 0.25) is 0 Å². The lowest BCUT2D eigenvalue weighted by Crippen LogP contribution is -2.31. The van der Waals surface area contributed by atoms with Crippen LogP contribution in [0.1, 0.15) is 29.9 Å². The van der Waals surface area contributed by atoms with Crippen molar-refractivity contribution in [3.63, 3.8) is 0 Å². The van der Waals surface area contributed by atoms with Crippen molar-refractivity contribution in [2.45, 2.75) is 18.8 Å². The molecule has 116 valence electrons. The Morgan fingerprint density at radius 1 is 1.05 bits per heavy atom. The zero-order chi connectivity index (χ0) is 15.4. The lowest BCUT2D eigenvalue weighted by atomic mass is 9.76. The molecule has 3 rings (SSSR count). The molecule has 1 heterocycles. The number of benzene rings is 2. The summed E-state index contributed by atoms with van der Waals surface area (Å²) < 4.78 is 18.7. The fourth-order valence-electron chi connectivity index (χ4n) is 3.42. The number of ether oxygens (including phenoxy) is 1. The van der Waals surface area contributed by atoms with Gasteiger partial charge in [0.15, 0.2) is 0 Å². The van der Waals surface area contributed by atoms with Gasteiger partial charge in [0.05, 0.1) is 7.11 Å². The maximum Gasteiger partial charge on any atom is 0.123 e. The predicted molar refractivity (Wildman–Crippen MR) is 86.8 cm³/mol. The summed E-state index contributed by atoms with van der Waals surface area (Å²) >= 11 is 0. The topological polar surface area (TPSA) is 21.3 Å². The molecule has 0 saturated carbocycles. The van der Waals surface area contributed by atoms with E-state index in [1.54, 1.807) is 19.2 Å². The van der Waals surface area contributed by atoms with Crippen LogP contribution in [0.5, 0.6) is 5.75 Å². The molecule has 0 bridgehead atoms. The standard InChI is InChI=1S/C19H22FNO/c1-22-18-4-2-3-16(13-18)19(15-9-11-21-12-10-15)14-5-7-17(20)8-6-14/h2-8,13,15,19,21H,9-12H2,1H3/t19-/m0/s1. The molecule has 22 heavy (non-hydrogen) atoms. The third-order valence-electron chi connectivity index (χ3n) is 4.54. The molecule has 2 nitrogen and oxygen atoms in total. The first-order valence-corrected chi connectivity index (χ1v) is 7.88. The highest BCUT2D eigenvalue weighted by Crippen LogP contribution is 2.37. The molecule has 0 radical (unpaired) electrons. The minimum Gasteiger partial charge on any atom is -0.497 e. The average molecular weight is 299 g/mol. The summed E-state index contributed by atoms with van der Waals surface area (Å²) in [5.74, 6) is 1.55. The van der Waals surface area contributed by atoms with E-state index in [-0.39, 0.29) is 11.7 Å². The van der Waals surface area contributed by atoms with Crippen LogP contribution in [-0.2, 0) is 0 Å². The van der Waals surface area contributed by atoms with Gasteiger partial charge in [-0.1, -0.05) is 24.3 Å². The van der Waals surface area contributed by atoms with Crippen LogP contribution in [0.3, 0.4) is 0 Å². The maximum atomic E-state index is 13.3. The number of hydrogen-bond donors (Lipinski definition) is 1. The van der Waals surface area contributed by atoms with Crippen LogP contribution in [0.4, 0.5) is 4.39 Å². The van der Waals surface area contributed by atoms with Crippen molar-refractivity contribution in [3.8, 4) is 5.75 Å². The van der Waals surface area contributed by atoms with Crippen LogP contribution in [0, 0.1) is 11.7 Å². The summed E-state index contributed by atoms with van der Waals surface area (Å²) in [4.78, 5) is 0. The number of piperidine rings is 1. The van der Waals surface area contributed by atoms with E-state index >= 15 is 0 Å². The van der Waals surface area contributed by atoms with E-state index in [4.69, 9.17) is 4.74 Å². The van der Waals surface area contributed by atoms with E-state index in [0.29, 0.717) is 5.92 Å². The van der Waals surface area contributed by atoms with Gasteiger partial charge in [-0.15, -0.1) is 0 Å². The monoisotopic (exact) mass is 299 g/mol. The van der Waals surface area contributed by atoms with Crippen molar-refractivity contribution in [3.05, 3.63) is 65.5 Å². The van der Waals surface area contributed by atoms with Crippen LogP contribution in [0.25, 0.3) is 0 Å². The fourth-order valence-corrected chi connectivity index (χ4v) is 3.42. The molecule has 0 aromatic heterocycles. The zero-order valence-corrected chi connectivity index (χ0v) is 12.9. The fraction of sp³-hybridized carbons (Fsp3) is 0.368. The highest BCUT2D eigenvalue weighted by Gasteiger charge is 2.26. The molecule has 2 aromatic rings. The summed E-state index contributed by atoms with van der Waals surface area (Å²) in [6, 6.07) is 15.2. The van der Waals surface area contributed by atoms with Crippen molar-refractivity contribution in [2.75, 3.05) is 20.2 Å².